The fourth-order valence-corrected chi connectivity index (χ4v) is 2.90. The van der Waals surface area contributed by atoms with Crippen molar-refractivity contribution in [1.82, 2.24) is 10.2 Å². The zero-order valence-corrected chi connectivity index (χ0v) is 13.8. The topological polar surface area (TPSA) is 24.5 Å². The van der Waals surface area contributed by atoms with Crippen molar-refractivity contribution in [2.24, 2.45) is 5.92 Å². The second kappa shape index (κ2) is 8.40. The summed E-state index contributed by atoms with van der Waals surface area (Å²) in [6, 6.07) is 8.57. The fourth-order valence-electron chi connectivity index (χ4n) is 2.90. The van der Waals surface area contributed by atoms with Gasteiger partial charge in [0, 0.05) is 6.54 Å². The van der Waals surface area contributed by atoms with E-state index in [0.717, 1.165) is 24.8 Å². The molecular weight excluding hydrogens is 260 g/mol. The first-order valence-corrected chi connectivity index (χ1v) is 8.36. The Morgan fingerprint density at radius 3 is 2.43 bits per heavy atom. The summed E-state index contributed by atoms with van der Waals surface area (Å²) in [5.74, 6) is 1.83. The number of hydrogen-bond acceptors (Lipinski definition) is 3. The van der Waals surface area contributed by atoms with E-state index in [1.807, 2.05) is 0 Å². The highest BCUT2D eigenvalue weighted by atomic mass is 16.5. The zero-order valence-electron chi connectivity index (χ0n) is 13.8. The molecule has 3 nitrogen and oxygen atoms in total. The molecule has 0 saturated carbocycles. The summed E-state index contributed by atoms with van der Waals surface area (Å²) in [4.78, 5) is 2.57. The molecule has 1 N–H and O–H groups in total. The van der Waals surface area contributed by atoms with E-state index in [-0.39, 0.29) is 6.10 Å². The van der Waals surface area contributed by atoms with Crippen LogP contribution in [0.15, 0.2) is 24.3 Å². The molecule has 0 unspecified atom stereocenters. The molecule has 1 saturated heterocycles. The minimum Gasteiger partial charge on any atom is -0.491 e. The van der Waals surface area contributed by atoms with E-state index >= 15 is 0 Å². The van der Waals surface area contributed by atoms with Gasteiger partial charge in [-0.3, -0.25) is 4.90 Å². The largest absolute Gasteiger partial charge is 0.491 e. The van der Waals surface area contributed by atoms with Crippen molar-refractivity contribution in [2.75, 3.05) is 26.2 Å². The molecular formula is C18H30N2O. The lowest BCUT2D eigenvalue weighted by Gasteiger charge is -2.32. The number of hydrogen-bond donors (Lipinski definition) is 1. The third-order valence-corrected chi connectivity index (χ3v) is 4.09. The number of likely N-dealkylation sites (tertiary alicyclic amines) is 1. The van der Waals surface area contributed by atoms with E-state index in [1.165, 1.54) is 38.0 Å². The van der Waals surface area contributed by atoms with Gasteiger partial charge in [-0.2, -0.15) is 0 Å². The Labute approximate surface area is 129 Å². The van der Waals surface area contributed by atoms with Gasteiger partial charge in [0.05, 0.1) is 6.10 Å². The molecule has 1 aliphatic heterocycles. The molecule has 118 valence electrons. The molecule has 1 aromatic carbocycles. The molecule has 0 spiro atoms. The molecule has 2 rings (SSSR count). The molecule has 0 aromatic heterocycles. The van der Waals surface area contributed by atoms with Crippen LogP contribution in [-0.4, -0.2) is 37.2 Å². The van der Waals surface area contributed by atoms with Crippen molar-refractivity contribution in [1.29, 1.82) is 0 Å². The third kappa shape index (κ3) is 5.68. The summed E-state index contributed by atoms with van der Waals surface area (Å²) in [6.45, 7) is 12.1. The summed E-state index contributed by atoms with van der Waals surface area (Å²) in [6.07, 6.45) is 2.88. The molecule has 0 atom stereocenters. The number of piperidine rings is 1. The highest BCUT2D eigenvalue weighted by Crippen LogP contribution is 2.20. The van der Waals surface area contributed by atoms with Crippen LogP contribution in [0.2, 0.25) is 0 Å². The van der Waals surface area contributed by atoms with Gasteiger partial charge in [0.15, 0.2) is 0 Å². The second-order valence-electron chi connectivity index (χ2n) is 6.34. The van der Waals surface area contributed by atoms with Gasteiger partial charge < -0.3 is 10.1 Å². The standard InChI is InChI=1S/C18H30N2O/c1-4-19-13-16-9-11-20(12-10-16)14-17-5-7-18(8-6-17)21-15(2)3/h5-8,15-16,19H,4,9-14H2,1-3H3. The summed E-state index contributed by atoms with van der Waals surface area (Å²) in [5.41, 5.74) is 1.39. The number of rotatable bonds is 7. The summed E-state index contributed by atoms with van der Waals surface area (Å²) in [7, 11) is 0. The quantitative estimate of drug-likeness (QED) is 0.834. The fraction of sp³-hybridized carbons (Fsp3) is 0.667. The predicted molar refractivity (Wildman–Crippen MR) is 88.8 cm³/mol. The van der Waals surface area contributed by atoms with E-state index < -0.39 is 0 Å². The lowest BCUT2D eigenvalue weighted by molar-refractivity contribution is 0.176. The normalized spacial score (nSPS) is 17.3. The van der Waals surface area contributed by atoms with Gasteiger partial charge in [-0.05, 0) is 76.5 Å². The van der Waals surface area contributed by atoms with Crippen LogP contribution in [0.1, 0.15) is 39.2 Å². The van der Waals surface area contributed by atoms with Crippen molar-refractivity contribution >= 4 is 0 Å². The second-order valence-corrected chi connectivity index (χ2v) is 6.34. The smallest absolute Gasteiger partial charge is 0.119 e. The Bertz CT molecular complexity index is 394. The molecule has 3 heteroatoms. The van der Waals surface area contributed by atoms with Gasteiger partial charge in [0.2, 0.25) is 0 Å². The predicted octanol–water partition coefficient (Wildman–Crippen LogP) is 3.30. The van der Waals surface area contributed by atoms with E-state index in [2.05, 4.69) is 55.3 Å². The van der Waals surface area contributed by atoms with Gasteiger partial charge in [0.25, 0.3) is 0 Å². The first-order valence-electron chi connectivity index (χ1n) is 8.36. The molecule has 0 aliphatic carbocycles. The summed E-state index contributed by atoms with van der Waals surface area (Å²) in [5, 5.41) is 3.47. The highest BCUT2D eigenvalue weighted by Gasteiger charge is 2.18. The summed E-state index contributed by atoms with van der Waals surface area (Å²) >= 11 is 0. The van der Waals surface area contributed by atoms with Crippen molar-refractivity contribution in [3.63, 3.8) is 0 Å². The number of nitrogens with one attached hydrogen (secondary N) is 1. The first-order chi connectivity index (χ1) is 10.2. The minimum atomic E-state index is 0.242. The molecule has 21 heavy (non-hydrogen) atoms. The van der Waals surface area contributed by atoms with Gasteiger partial charge >= 0.3 is 0 Å². The molecule has 1 aliphatic rings. The zero-order chi connectivity index (χ0) is 15.1. The highest BCUT2D eigenvalue weighted by molar-refractivity contribution is 5.27. The maximum Gasteiger partial charge on any atom is 0.119 e. The van der Waals surface area contributed by atoms with Crippen LogP contribution in [-0.2, 0) is 6.54 Å². The van der Waals surface area contributed by atoms with Crippen LogP contribution in [0.3, 0.4) is 0 Å². The Morgan fingerprint density at radius 2 is 1.86 bits per heavy atom. The van der Waals surface area contributed by atoms with Crippen LogP contribution in [0.4, 0.5) is 0 Å². The van der Waals surface area contributed by atoms with Gasteiger partial charge in [-0.1, -0.05) is 19.1 Å². The van der Waals surface area contributed by atoms with Crippen LogP contribution in [0.5, 0.6) is 5.75 Å². The van der Waals surface area contributed by atoms with Crippen molar-refractivity contribution in [3.05, 3.63) is 29.8 Å². The Morgan fingerprint density at radius 1 is 1.19 bits per heavy atom. The van der Waals surface area contributed by atoms with Crippen molar-refractivity contribution in [3.8, 4) is 5.75 Å². The molecule has 0 bridgehead atoms. The molecule has 1 fully saturated rings. The lowest BCUT2D eigenvalue weighted by atomic mass is 9.96. The average molecular weight is 290 g/mol. The number of benzene rings is 1. The van der Waals surface area contributed by atoms with Crippen LogP contribution >= 0.6 is 0 Å². The maximum absolute atomic E-state index is 5.69. The lowest BCUT2D eigenvalue weighted by Crippen LogP contribution is -2.36. The monoisotopic (exact) mass is 290 g/mol. The Kier molecular flexibility index (Phi) is 6.52. The number of ether oxygens (including phenoxy) is 1. The SMILES string of the molecule is CCNCC1CCN(Cc2ccc(OC(C)C)cc2)CC1. The minimum absolute atomic E-state index is 0.242. The molecule has 1 heterocycles. The first kappa shape index (κ1) is 16.3. The van der Waals surface area contributed by atoms with E-state index in [9.17, 15) is 0 Å². The maximum atomic E-state index is 5.69. The Balaban J connectivity index is 1.75. The van der Waals surface area contributed by atoms with Crippen molar-refractivity contribution < 1.29 is 4.74 Å². The van der Waals surface area contributed by atoms with Crippen LogP contribution in [0, 0.1) is 5.92 Å². The summed E-state index contributed by atoms with van der Waals surface area (Å²) < 4.78 is 5.69. The van der Waals surface area contributed by atoms with Crippen molar-refractivity contribution in [2.45, 2.75) is 46.3 Å². The molecule has 0 radical (unpaired) electrons. The van der Waals surface area contributed by atoms with Gasteiger partial charge in [-0.15, -0.1) is 0 Å². The van der Waals surface area contributed by atoms with Crippen LogP contribution < -0.4 is 10.1 Å². The number of nitrogens with zero attached hydrogens (tertiary/aromatic N) is 1. The van der Waals surface area contributed by atoms with E-state index in [1.54, 1.807) is 0 Å². The average Bonchev–Trinajstić information content (AvgIpc) is 2.48. The van der Waals surface area contributed by atoms with E-state index in [0.29, 0.717) is 0 Å². The van der Waals surface area contributed by atoms with E-state index in [4.69, 9.17) is 4.74 Å². The third-order valence-electron chi connectivity index (χ3n) is 4.09. The molecule has 1 aromatic rings. The Hall–Kier alpha value is -1.06. The van der Waals surface area contributed by atoms with Crippen LogP contribution in [0.25, 0.3) is 0 Å². The molecule has 0 amide bonds. The van der Waals surface area contributed by atoms with Gasteiger partial charge in [0.1, 0.15) is 5.75 Å². The van der Waals surface area contributed by atoms with Gasteiger partial charge in [-0.25, -0.2) is 0 Å².